The zero-order chi connectivity index (χ0) is 21.3. The highest BCUT2D eigenvalue weighted by molar-refractivity contribution is 6.34. The van der Waals surface area contributed by atoms with Crippen molar-refractivity contribution in [1.82, 2.24) is 0 Å². The Labute approximate surface area is 172 Å². The SMILES string of the molecule is CCC(=O)Nc1cccc(Oc2ccc3c(c2)C(=O)N(c2ccc(O)cc2)C3=O)c1. The van der Waals surface area contributed by atoms with Gasteiger partial charge in [0.05, 0.1) is 16.8 Å². The Hall–Kier alpha value is -4.13. The van der Waals surface area contributed by atoms with Gasteiger partial charge < -0.3 is 15.2 Å². The number of nitrogens with one attached hydrogen (secondary N) is 1. The van der Waals surface area contributed by atoms with Crippen LogP contribution in [0.5, 0.6) is 17.2 Å². The van der Waals surface area contributed by atoms with Crippen molar-refractivity contribution in [2.24, 2.45) is 0 Å². The predicted molar refractivity (Wildman–Crippen MR) is 111 cm³/mol. The van der Waals surface area contributed by atoms with E-state index in [2.05, 4.69) is 5.32 Å². The zero-order valence-electron chi connectivity index (χ0n) is 16.1. The summed E-state index contributed by atoms with van der Waals surface area (Å²) in [5.74, 6) is -0.0874. The van der Waals surface area contributed by atoms with Gasteiger partial charge in [-0.05, 0) is 54.6 Å². The highest BCUT2D eigenvalue weighted by Crippen LogP contribution is 2.33. The Bertz CT molecular complexity index is 1150. The van der Waals surface area contributed by atoms with Crippen molar-refractivity contribution in [2.45, 2.75) is 13.3 Å². The average molecular weight is 402 g/mol. The molecule has 2 N–H and O–H groups in total. The van der Waals surface area contributed by atoms with Gasteiger partial charge in [0.2, 0.25) is 5.91 Å². The predicted octanol–water partition coefficient (Wildman–Crippen LogP) is 4.33. The molecule has 1 aliphatic rings. The average Bonchev–Trinajstić information content (AvgIpc) is 2.99. The minimum atomic E-state index is -0.463. The van der Waals surface area contributed by atoms with Crippen LogP contribution in [0.3, 0.4) is 0 Å². The first-order chi connectivity index (χ1) is 14.5. The number of nitrogens with zero attached hydrogens (tertiary/aromatic N) is 1. The summed E-state index contributed by atoms with van der Waals surface area (Å²) in [6.07, 6.45) is 0.365. The third-order valence-electron chi connectivity index (χ3n) is 4.64. The monoisotopic (exact) mass is 402 g/mol. The molecule has 7 nitrogen and oxygen atoms in total. The van der Waals surface area contributed by atoms with Gasteiger partial charge in [-0.3, -0.25) is 14.4 Å². The lowest BCUT2D eigenvalue weighted by Crippen LogP contribution is -2.29. The smallest absolute Gasteiger partial charge is 0.266 e. The molecule has 0 bridgehead atoms. The number of aromatic hydroxyl groups is 1. The minimum Gasteiger partial charge on any atom is -0.508 e. The van der Waals surface area contributed by atoms with Gasteiger partial charge in [0.25, 0.3) is 11.8 Å². The largest absolute Gasteiger partial charge is 0.508 e. The summed E-state index contributed by atoms with van der Waals surface area (Å²) in [7, 11) is 0. The number of benzene rings is 3. The molecular formula is C23H18N2O5. The van der Waals surface area contributed by atoms with Gasteiger partial charge in [-0.25, -0.2) is 4.90 Å². The number of phenolic OH excluding ortho intramolecular Hbond substituents is 1. The second-order valence-electron chi connectivity index (χ2n) is 6.70. The number of imide groups is 1. The maximum Gasteiger partial charge on any atom is 0.266 e. The van der Waals surface area contributed by atoms with Gasteiger partial charge >= 0.3 is 0 Å². The summed E-state index contributed by atoms with van der Waals surface area (Å²) in [5, 5.41) is 12.2. The van der Waals surface area contributed by atoms with Crippen LogP contribution in [-0.4, -0.2) is 22.8 Å². The molecule has 0 spiro atoms. The molecule has 4 rings (SSSR count). The van der Waals surface area contributed by atoms with E-state index in [1.54, 1.807) is 43.3 Å². The van der Waals surface area contributed by atoms with E-state index in [0.29, 0.717) is 29.3 Å². The lowest BCUT2D eigenvalue weighted by Gasteiger charge is -2.13. The van der Waals surface area contributed by atoms with Crippen molar-refractivity contribution in [3.63, 3.8) is 0 Å². The first-order valence-electron chi connectivity index (χ1n) is 9.36. The van der Waals surface area contributed by atoms with Crippen LogP contribution in [0, 0.1) is 0 Å². The van der Waals surface area contributed by atoms with Gasteiger partial charge in [0.1, 0.15) is 17.2 Å². The van der Waals surface area contributed by atoms with E-state index in [0.717, 1.165) is 4.90 Å². The van der Waals surface area contributed by atoms with E-state index in [1.165, 1.54) is 30.3 Å². The normalized spacial score (nSPS) is 12.6. The Kier molecular flexibility index (Phi) is 4.93. The first kappa shape index (κ1) is 19.2. The van der Waals surface area contributed by atoms with Crippen LogP contribution >= 0.6 is 0 Å². The van der Waals surface area contributed by atoms with Crippen LogP contribution in [0.4, 0.5) is 11.4 Å². The number of hydrogen-bond acceptors (Lipinski definition) is 5. The highest BCUT2D eigenvalue weighted by Gasteiger charge is 2.37. The molecular weight excluding hydrogens is 384 g/mol. The first-order valence-corrected chi connectivity index (χ1v) is 9.36. The minimum absolute atomic E-state index is 0.0448. The molecule has 0 radical (unpaired) electrons. The number of anilines is 2. The van der Waals surface area contributed by atoms with Gasteiger partial charge in [-0.15, -0.1) is 0 Å². The van der Waals surface area contributed by atoms with Crippen molar-refractivity contribution in [1.29, 1.82) is 0 Å². The number of carbonyl (C=O) groups is 3. The van der Waals surface area contributed by atoms with E-state index < -0.39 is 11.8 Å². The second-order valence-corrected chi connectivity index (χ2v) is 6.70. The summed E-state index contributed by atoms with van der Waals surface area (Å²) < 4.78 is 5.83. The molecule has 150 valence electrons. The third-order valence-corrected chi connectivity index (χ3v) is 4.64. The molecule has 0 aromatic heterocycles. The lowest BCUT2D eigenvalue weighted by molar-refractivity contribution is -0.115. The molecule has 1 aliphatic heterocycles. The number of ether oxygens (including phenoxy) is 1. The van der Waals surface area contributed by atoms with Crippen LogP contribution in [0.1, 0.15) is 34.1 Å². The van der Waals surface area contributed by atoms with Crippen LogP contribution in [0.2, 0.25) is 0 Å². The van der Waals surface area contributed by atoms with E-state index in [1.807, 2.05) is 0 Å². The number of carbonyl (C=O) groups excluding carboxylic acids is 3. The van der Waals surface area contributed by atoms with E-state index in [9.17, 15) is 19.5 Å². The van der Waals surface area contributed by atoms with Gasteiger partial charge in [0.15, 0.2) is 0 Å². The molecule has 0 aliphatic carbocycles. The Morgan fingerprint density at radius 1 is 0.933 bits per heavy atom. The van der Waals surface area contributed by atoms with E-state index >= 15 is 0 Å². The molecule has 3 amide bonds. The van der Waals surface area contributed by atoms with Crippen molar-refractivity contribution in [3.8, 4) is 17.2 Å². The Morgan fingerprint density at radius 2 is 1.63 bits per heavy atom. The quantitative estimate of drug-likeness (QED) is 0.619. The maximum absolute atomic E-state index is 12.8. The summed E-state index contributed by atoms with van der Waals surface area (Å²) in [4.78, 5) is 38.2. The lowest BCUT2D eigenvalue weighted by atomic mass is 10.1. The van der Waals surface area contributed by atoms with Crippen molar-refractivity contribution in [3.05, 3.63) is 77.9 Å². The zero-order valence-corrected chi connectivity index (χ0v) is 16.1. The van der Waals surface area contributed by atoms with Crippen molar-refractivity contribution in [2.75, 3.05) is 10.2 Å². The molecule has 0 unspecified atom stereocenters. The fraction of sp³-hybridized carbons (Fsp3) is 0.0870. The van der Waals surface area contributed by atoms with Crippen LogP contribution in [0.15, 0.2) is 66.7 Å². The fourth-order valence-electron chi connectivity index (χ4n) is 3.14. The topological polar surface area (TPSA) is 95.9 Å². The van der Waals surface area contributed by atoms with E-state index in [4.69, 9.17) is 4.74 Å². The molecule has 0 atom stereocenters. The molecule has 7 heteroatoms. The standard InChI is InChI=1S/C23H18N2O5/c1-2-21(27)24-14-4-3-5-17(12-14)30-18-10-11-19-20(13-18)23(29)25(22(19)28)15-6-8-16(26)9-7-15/h3-13,26H,2H2,1H3,(H,24,27). The highest BCUT2D eigenvalue weighted by atomic mass is 16.5. The van der Waals surface area contributed by atoms with Crippen LogP contribution in [-0.2, 0) is 4.79 Å². The molecule has 0 saturated carbocycles. The third kappa shape index (κ3) is 3.60. The van der Waals surface area contributed by atoms with Crippen molar-refractivity contribution >= 4 is 29.1 Å². The Balaban J connectivity index is 1.58. The summed E-state index contributed by atoms with van der Waals surface area (Å²) in [5.41, 5.74) is 1.50. The van der Waals surface area contributed by atoms with Gasteiger partial charge in [-0.1, -0.05) is 13.0 Å². The molecule has 1 heterocycles. The van der Waals surface area contributed by atoms with Gasteiger partial charge in [0, 0.05) is 18.2 Å². The summed E-state index contributed by atoms with van der Waals surface area (Å²) in [6, 6.07) is 17.4. The summed E-state index contributed by atoms with van der Waals surface area (Å²) in [6.45, 7) is 1.76. The number of amides is 3. The molecule has 3 aromatic carbocycles. The maximum atomic E-state index is 12.8. The van der Waals surface area contributed by atoms with Gasteiger partial charge in [-0.2, -0.15) is 0 Å². The van der Waals surface area contributed by atoms with E-state index in [-0.39, 0.29) is 22.8 Å². The number of hydrogen-bond donors (Lipinski definition) is 2. The number of phenols is 1. The fourth-order valence-corrected chi connectivity index (χ4v) is 3.14. The summed E-state index contributed by atoms with van der Waals surface area (Å²) >= 11 is 0. The van der Waals surface area contributed by atoms with Crippen LogP contribution in [0.25, 0.3) is 0 Å². The molecule has 0 fully saturated rings. The van der Waals surface area contributed by atoms with Crippen LogP contribution < -0.4 is 15.0 Å². The second kappa shape index (κ2) is 7.71. The molecule has 3 aromatic rings. The Morgan fingerprint density at radius 3 is 2.37 bits per heavy atom. The number of fused-ring (bicyclic) bond motifs is 1. The molecule has 0 saturated heterocycles. The van der Waals surface area contributed by atoms with Crippen molar-refractivity contribution < 1.29 is 24.2 Å². The number of rotatable bonds is 5. The molecule has 30 heavy (non-hydrogen) atoms.